The molecule has 0 radical (unpaired) electrons. The molecule has 0 atom stereocenters. The van der Waals surface area contributed by atoms with Gasteiger partial charge in [-0.2, -0.15) is 13.2 Å². The number of hydrogen-bond donors (Lipinski definition) is 0. The van der Waals surface area contributed by atoms with Gasteiger partial charge in [0.2, 0.25) is 0 Å². The highest BCUT2D eigenvalue weighted by atomic mass is 79.9. The van der Waals surface area contributed by atoms with Crippen LogP contribution in [0.5, 0.6) is 0 Å². The fourth-order valence-corrected chi connectivity index (χ4v) is 2.26. The summed E-state index contributed by atoms with van der Waals surface area (Å²) in [5.41, 5.74) is -0.682. The Kier molecular flexibility index (Phi) is 4.96. The molecule has 0 unspecified atom stereocenters. The second-order valence-corrected chi connectivity index (χ2v) is 4.92. The first-order valence-electron chi connectivity index (χ1n) is 5.72. The molecule has 0 aliphatic carbocycles. The number of alkyl halides is 3. The molecule has 0 amide bonds. The number of hydrogen-bond acceptors (Lipinski definition) is 1. The Hall–Kier alpha value is -0.840. The predicted octanol–water partition coefficient (Wildman–Crippen LogP) is 5.09. The van der Waals surface area contributed by atoms with E-state index in [-0.39, 0.29) is 21.7 Å². The molecule has 0 N–H and O–H groups in total. The van der Waals surface area contributed by atoms with E-state index < -0.39 is 11.7 Å². The molecule has 0 spiro atoms. The molecule has 0 saturated heterocycles. The van der Waals surface area contributed by atoms with Gasteiger partial charge in [0.25, 0.3) is 0 Å². The molecule has 0 aromatic heterocycles. The van der Waals surface area contributed by atoms with Gasteiger partial charge in [-0.25, -0.2) is 0 Å². The number of rotatable bonds is 4. The molecule has 18 heavy (non-hydrogen) atoms. The lowest BCUT2D eigenvalue weighted by Crippen LogP contribution is -2.15. The van der Waals surface area contributed by atoms with Gasteiger partial charge in [0.15, 0.2) is 5.78 Å². The zero-order valence-corrected chi connectivity index (χ0v) is 11.7. The molecule has 100 valence electrons. The van der Waals surface area contributed by atoms with Crippen LogP contribution in [0.15, 0.2) is 22.7 Å². The second-order valence-electron chi connectivity index (χ2n) is 4.07. The Bertz CT molecular complexity index is 436. The molecule has 0 bridgehead atoms. The minimum absolute atomic E-state index is 0.0453. The lowest BCUT2D eigenvalue weighted by Gasteiger charge is -2.14. The van der Waals surface area contributed by atoms with E-state index in [4.69, 9.17) is 0 Å². The van der Waals surface area contributed by atoms with Gasteiger partial charge < -0.3 is 0 Å². The zero-order chi connectivity index (χ0) is 13.9. The molecule has 0 aliphatic heterocycles. The van der Waals surface area contributed by atoms with E-state index in [9.17, 15) is 18.0 Å². The topological polar surface area (TPSA) is 17.1 Å². The molecule has 1 nitrogen and oxygen atoms in total. The van der Waals surface area contributed by atoms with Crippen LogP contribution in [-0.2, 0) is 6.18 Å². The van der Waals surface area contributed by atoms with Crippen molar-refractivity contribution >= 4 is 21.7 Å². The summed E-state index contributed by atoms with van der Waals surface area (Å²) in [6, 6.07) is 3.63. The van der Waals surface area contributed by atoms with Gasteiger partial charge >= 0.3 is 6.18 Å². The van der Waals surface area contributed by atoms with Crippen molar-refractivity contribution in [2.24, 2.45) is 5.92 Å². The average molecular weight is 323 g/mol. The maximum absolute atomic E-state index is 12.7. The molecular formula is C13H14BrF3O. The van der Waals surface area contributed by atoms with Crippen LogP contribution in [0.3, 0.4) is 0 Å². The van der Waals surface area contributed by atoms with Crippen molar-refractivity contribution in [1.82, 2.24) is 0 Å². The molecule has 5 heteroatoms. The summed E-state index contributed by atoms with van der Waals surface area (Å²) in [4.78, 5) is 12.0. The van der Waals surface area contributed by atoms with Crippen LogP contribution >= 0.6 is 15.9 Å². The van der Waals surface area contributed by atoms with Crippen LogP contribution < -0.4 is 0 Å². The molecule has 1 aromatic carbocycles. The van der Waals surface area contributed by atoms with Crippen molar-refractivity contribution in [2.75, 3.05) is 0 Å². The largest absolute Gasteiger partial charge is 0.417 e. The maximum atomic E-state index is 12.7. The van der Waals surface area contributed by atoms with Gasteiger partial charge in [-0.05, 0) is 25.0 Å². The third-order valence-electron chi connectivity index (χ3n) is 2.91. The molecule has 1 aromatic rings. The van der Waals surface area contributed by atoms with Gasteiger partial charge in [0, 0.05) is 16.0 Å². The van der Waals surface area contributed by atoms with E-state index in [1.54, 1.807) is 0 Å². The zero-order valence-electron chi connectivity index (χ0n) is 10.1. The fourth-order valence-electron chi connectivity index (χ4n) is 1.79. The smallest absolute Gasteiger partial charge is 0.294 e. The Labute approximate surface area is 113 Å². The number of benzene rings is 1. The molecule has 0 fully saturated rings. The fraction of sp³-hybridized carbons (Fsp3) is 0.462. The lowest BCUT2D eigenvalue weighted by molar-refractivity contribution is -0.138. The standard InChI is InChI=1S/C13H14BrF3O/c1-3-8(4-2)12(18)9-5-6-11(14)10(7-9)13(15,16)17/h5-8H,3-4H2,1-2H3. The monoisotopic (exact) mass is 322 g/mol. The summed E-state index contributed by atoms with van der Waals surface area (Å²) in [6.07, 6.45) is -3.19. The van der Waals surface area contributed by atoms with Crippen molar-refractivity contribution in [3.05, 3.63) is 33.8 Å². The first-order chi connectivity index (χ1) is 8.31. The van der Waals surface area contributed by atoms with Crippen molar-refractivity contribution in [1.29, 1.82) is 0 Å². The molecule has 1 rings (SSSR count). The van der Waals surface area contributed by atoms with Gasteiger partial charge in [0.05, 0.1) is 5.56 Å². The summed E-state index contributed by atoms with van der Waals surface area (Å²) in [5.74, 6) is -0.440. The first kappa shape index (κ1) is 15.2. The molecule has 0 heterocycles. The number of carbonyl (C=O) groups excluding carboxylic acids is 1. The van der Waals surface area contributed by atoms with Crippen LogP contribution in [0.1, 0.15) is 42.6 Å². The summed E-state index contributed by atoms with van der Waals surface area (Å²) in [6.45, 7) is 3.71. The SMILES string of the molecule is CCC(CC)C(=O)c1ccc(Br)c(C(F)(F)F)c1. The molecule has 0 saturated carbocycles. The van der Waals surface area contributed by atoms with Crippen LogP contribution in [0.25, 0.3) is 0 Å². The number of ketones is 1. The highest BCUT2D eigenvalue weighted by Gasteiger charge is 2.33. The number of Topliss-reactive ketones (excluding diaryl/α,β-unsaturated/α-hetero) is 1. The van der Waals surface area contributed by atoms with Gasteiger partial charge in [-0.1, -0.05) is 35.8 Å². The van der Waals surface area contributed by atoms with E-state index in [0.717, 1.165) is 6.07 Å². The van der Waals surface area contributed by atoms with E-state index in [2.05, 4.69) is 15.9 Å². The summed E-state index contributed by atoms with van der Waals surface area (Å²) >= 11 is 2.86. The highest BCUT2D eigenvalue weighted by molar-refractivity contribution is 9.10. The Balaban J connectivity index is 3.17. The Morgan fingerprint density at radius 2 is 1.83 bits per heavy atom. The number of carbonyl (C=O) groups is 1. The Morgan fingerprint density at radius 3 is 2.28 bits per heavy atom. The van der Waals surface area contributed by atoms with Crippen molar-refractivity contribution in [2.45, 2.75) is 32.9 Å². The quantitative estimate of drug-likeness (QED) is 0.706. The van der Waals surface area contributed by atoms with Crippen LogP contribution in [0.4, 0.5) is 13.2 Å². The van der Waals surface area contributed by atoms with Crippen molar-refractivity contribution in [3.63, 3.8) is 0 Å². The summed E-state index contributed by atoms with van der Waals surface area (Å²) < 4.78 is 38.1. The predicted molar refractivity (Wildman–Crippen MR) is 67.5 cm³/mol. The first-order valence-corrected chi connectivity index (χ1v) is 6.51. The van der Waals surface area contributed by atoms with E-state index in [1.807, 2.05) is 13.8 Å². The minimum Gasteiger partial charge on any atom is -0.294 e. The van der Waals surface area contributed by atoms with E-state index in [0.29, 0.717) is 12.8 Å². The van der Waals surface area contributed by atoms with Crippen LogP contribution in [-0.4, -0.2) is 5.78 Å². The molecule has 0 aliphatic rings. The van der Waals surface area contributed by atoms with Gasteiger partial charge in [-0.3, -0.25) is 4.79 Å². The summed E-state index contributed by atoms with van der Waals surface area (Å²) in [7, 11) is 0. The maximum Gasteiger partial charge on any atom is 0.417 e. The normalized spacial score (nSPS) is 11.9. The van der Waals surface area contributed by atoms with E-state index >= 15 is 0 Å². The lowest BCUT2D eigenvalue weighted by atomic mass is 9.92. The Morgan fingerprint density at radius 1 is 1.28 bits per heavy atom. The van der Waals surface area contributed by atoms with Crippen LogP contribution in [0, 0.1) is 5.92 Å². The molecular weight excluding hydrogens is 309 g/mol. The number of halogens is 4. The van der Waals surface area contributed by atoms with Crippen LogP contribution in [0.2, 0.25) is 0 Å². The minimum atomic E-state index is -4.46. The van der Waals surface area contributed by atoms with Crippen molar-refractivity contribution in [3.8, 4) is 0 Å². The highest BCUT2D eigenvalue weighted by Crippen LogP contribution is 2.35. The van der Waals surface area contributed by atoms with Gasteiger partial charge in [0.1, 0.15) is 0 Å². The van der Waals surface area contributed by atoms with Gasteiger partial charge in [-0.15, -0.1) is 0 Å². The second kappa shape index (κ2) is 5.87. The third-order valence-corrected chi connectivity index (χ3v) is 3.60. The third kappa shape index (κ3) is 3.34. The summed E-state index contributed by atoms with van der Waals surface area (Å²) in [5, 5.41) is 0. The van der Waals surface area contributed by atoms with E-state index in [1.165, 1.54) is 12.1 Å². The average Bonchev–Trinajstić information content (AvgIpc) is 2.29. The van der Waals surface area contributed by atoms with Crippen molar-refractivity contribution < 1.29 is 18.0 Å².